The van der Waals surface area contributed by atoms with Crippen LogP contribution in [0.1, 0.15) is 18.1 Å². The van der Waals surface area contributed by atoms with E-state index in [0.717, 1.165) is 5.56 Å². The Morgan fingerprint density at radius 2 is 2.25 bits per heavy atom. The number of hydrogen-bond acceptors (Lipinski definition) is 3. The Morgan fingerprint density at radius 1 is 1.56 bits per heavy atom. The summed E-state index contributed by atoms with van der Waals surface area (Å²) in [5.74, 6) is 0.372. The third kappa shape index (κ3) is 2.74. The van der Waals surface area contributed by atoms with Gasteiger partial charge in [0.2, 0.25) is 0 Å². The van der Waals surface area contributed by atoms with Crippen LogP contribution in [0.2, 0.25) is 0 Å². The van der Waals surface area contributed by atoms with Gasteiger partial charge >= 0.3 is 0 Å². The lowest BCUT2D eigenvalue weighted by Crippen LogP contribution is -2.33. The molecule has 0 aromatic heterocycles. The molecular formula is C12H14N2O2. The summed E-state index contributed by atoms with van der Waals surface area (Å²) in [5.41, 5.74) is 1.42. The van der Waals surface area contributed by atoms with Crippen LogP contribution in [0.25, 0.3) is 0 Å². The summed E-state index contributed by atoms with van der Waals surface area (Å²) in [5, 5.41) is 11.3. The first kappa shape index (κ1) is 12.1. The Kier molecular flexibility index (Phi) is 3.90. The molecule has 0 fully saturated rings. The molecule has 0 saturated heterocycles. The fourth-order valence-electron chi connectivity index (χ4n) is 1.24. The van der Waals surface area contributed by atoms with Crippen molar-refractivity contribution in [1.82, 2.24) is 5.32 Å². The van der Waals surface area contributed by atoms with Gasteiger partial charge in [-0.2, -0.15) is 5.26 Å². The van der Waals surface area contributed by atoms with E-state index < -0.39 is 6.10 Å². The summed E-state index contributed by atoms with van der Waals surface area (Å²) in [6.07, 6.45) is -0.572. The second-order valence-corrected chi connectivity index (χ2v) is 3.47. The highest BCUT2D eigenvalue weighted by Gasteiger charge is 2.13. The predicted molar refractivity (Wildman–Crippen MR) is 60.1 cm³/mol. The van der Waals surface area contributed by atoms with Crippen LogP contribution in [-0.2, 0) is 4.79 Å². The van der Waals surface area contributed by atoms with Gasteiger partial charge in [0.05, 0.1) is 11.6 Å². The number of rotatable bonds is 3. The van der Waals surface area contributed by atoms with Crippen molar-refractivity contribution in [2.75, 3.05) is 7.05 Å². The molecule has 0 radical (unpaired) electrons. The van der Waals surface area contributed by atoms with Crippen LogP contribution < -0.4 is 10.1 Å². The van der Waals surface area contributed by atoms with Gasteiger partial charge in [-0.3, -0.25) is 4.79 Å². The molecule has 0 saturated carbocycles. The zero-order valence-corrected chi connectivity index (χ0v) is 9.57. The van der Waals surface area contributed by atoms with Crippen molar-refractivity contribution in [3.8, 4) is 11.8 Å². The third-order valence-corrected chi connectivity index (χ3v) is 2.24. The van der Waals surface area contributed by atoms with Gasteiger partial charge in [-0.1, -0.05) is 6.07 Å². The topological polar surface area (TPSA) is 62.1 Å². The van der Waals surface area contributed by atoms with Crippen molar-refractivity contribution in [2.24, 2.45) is 0 Å². The third-order valence-electron chi connectivity index (χ3n) is 2.24. The Hall–Kier alpha value is -2.02. The SMILES string of the molecule is CNC(=O)C(C)Oc1cc(C#N)ccc1C. The van der Waals surface area contributed by atoms with Crippen LogP contribution in [0.4, 0.5) is 0 Å². The number of ether oxygens (including phenoxy) is 1. The Morgan fingerprint density at radius 3 is 2.81 bits per heavy atom. The summed E-state index contributed by atoms with van der Waals surface area (Å²) in [7, 11) is 1.56. The second kappa shape index (κ2) is 5.17. The predicted octanol–water partition coefficient (Wildman–Crippen LogP) is 1.38. The molecule has 1 rings (SSSR count). The van der Waals surface area contributed by atoms with Crippen molar-refractivity contribution >= 4 is 5.91 Å². The fraction of sp³-hybridized carbons (Fsp3) is 0.333. The normalized spacial score (nSPS) is 11.4. The van der Waals surface area contributed by atoms with Gasteiger partial charge in [0.25, 0.3) is 5.91 Å². The zero-order valence-electron chi connectivity index (χ0n) is 9.57. The molecule has 84 valence electrons. The van der Waals surface area contributed by atoms with E-state index >= 15 is 0 Å². The van der Waals surface area contributed by atoms with E-state index in [1.165, 1.54) is 0 Å². The number of carbonyl (C=O) groups excluding carboxylic acids is 1. The number of aryl methyl sites for hydroxylation is 1. The number of nitrogens with one attached hydrogen (secondary N) is 1. The van der Waals surface area contributed by atoms with Crippen molar-refractivity contribution in [2.45, 2.75) is 20.0 Å². The quantitative estimate of drug-likeness (QED) is 0.833. The summed E-state index contributed by atoms with van der Waals surface area (Å²) in [6, 6.07) is 7.18. The largest absolute Gasteiger partial charge is 0.481 e. The van der Waals surface area contributed by atoms with Crippen LogP contribution in [0.15, 0.2) is 18.2 Å². The lowest BCUT2D eigenvalue weighted by Gasteiger charge is -2.15. The monoisotopic (exact) mass is 218 g/mol. The molecular weight excluding hydrogens is 204 g/mol. The summed E-state index contributed by atoms with van der Waals surface area (Å²) < 4.78 is 5.48. The molecule has 0 spiro atoms. The van der Waals surface area contributed by atoms with E-state index in [1.54, 1.807) is 32.2 Å². The van der Waals surface area contributed by atoms with E-state index in [2.05, 4.69) is 5.32 Å². The number of nitrogens with zero attached hydrogens (tertiary/aromatic N) is 1. The molecule has 1 aromatic carbocycles. The van der Waals surface area contributed by atoms with E-state index in [0.29, 0.717) is 11.3 Å². The lowest BCUT2D eigenvalue weighted by atomic mass is 10.1. The molecule has 1 N–H and O–H groups in total. The minimum absolute atomic E-state index is 0.193. The first-order valence-electron chi connectivity index (χ1n) is 4.97. The number of likely N-dealkylation sites (N-methyl/N-ethyl adjacent to an activating group) is 1. The van der Waals surface area contributed by atoms with E-state index in [-0.39, 0.29) is 5.91 Å². The van der Waals surface area contributed by atoms with Crippen LogP contribution >= 0.6 is 0 Å². The van der Waals surface area contributed by atoms with Gasteiger partial charge in [0.15, 0.2) is 6.10 Å². The molecule has 4 nitrogen and oxygen atoms in total. The molecule has 16 heavy (non-hydrogen) atoms. The fourth-order valence-corrected chi connectivity index (χ4v) is 1.24. The van der Waals surface area contributed by atoms with E-state index in [1.807, 2.05) is 13.0 Å². The maximum atomic E-state index is 11.3. The molecule has 1 amide bonds. The highest BCUT2D eigenvalue weighted by molar-refractivity contribution is 5.80. The average molecular weight is 218 g/mol. The molecule has 0 aliphatic rings. The van der Waals surface area contributed by atoms with Crippen LogP contribution in [0.3, 0.4) is 0 Å². The lowest BCUT2D eigenvalue weighted by molar-refractivity contribution is -0.126. The van der Waals surface area contributed by atoms with Crippen LogP contribution in [0, 0.1) is 18.3 Å². The number of benzene rings is 1. The number of carbonyl (C=O) groups is 1. The smallest absolute Gasteiger partial charge is 0.260 e. The van der Waals surface area contributed by atoms with Crippen molar-refractivity contribution in [3.63, 3.8) is 0 Å². The van der Waals surface area contributed by atoms with Gasteiger partial charge in [0.1, 0.15) is 5.75 Å². The molecule has 0 aliphatic heterocycles. The minimum atomic E-state index is -0.572. The number of amides is 1. The molecule has 4 heteroatoms. The first-order chi connectivity index (χ1) is 7.58. The van der Waals surface area contributed by atoms with Crippen LogP contribution in [-0.4, -0.2) is 19.1 Å². The highest BCUT2D eigenvalue weighted by atomic mass is 16.5. The first-order valence-corrected chi connectivity index (χ1v) is 4.97. The van der Waals surface area contributed by atoms with Gasteiger partial charge < -0.3 is 10.1 Å². The summed E-state index contributed by atoms with van der Waals surface area (Å²) in [4.78, 5) is 11.3. The summed E-state index contributed by atoms with van der Waals surface area (Å²) >= 11 is 0. The van der Waals surface area contributed by atoms with Crippen molar-refractivity contribution in [3.05, 3.63) is 29.3 Å². The standard InChI is InChI=1S/C12H14N2O2/c1-8-4-5-10(7-13)6-11(8)16-9(2)12(15)14-3/h4-6,9H,1-3H3,(H,14,15). The summed E-state index contributed by atoms with van der Waals surface area (Å²) in [6.45, 7) is 3.53. The van der Waals surface area contributed by atoms with Crippen LogP contribution in [0.5, 0.6) is 5.75 Å². The van der Waals surface area contributed by atoms with Gasteiger partial charge in [-0.15, -0.1) is 0 Å². The van der Waals surface area contributed by atoms with Gasteiger partial charge in [-0.25, -0.2) is 0 Å². The number of nitriles is 1. The Labute approximate surface area is 94.8 Å². The maximum Gasteiger partial charge on any atom is 0.260 e. The van der Waals surface area contributed by atoms with Crippen molar-refractivity contribution in [1.29, 1.82) is 5.26 Å². The molecule has 0 heterocycles. The second-order valence-electron chi connectivity index (χ2n) is 3.47. The minimum Gasteiger partial charge on any atom is -0.481 e. The Balaban J connectivity index is 2.88. The molecule has 1 atom stereocenters. The van der Waals surface area contributed by atoms with Gasteiger partial charge in [0, 0.05) is 7.05 Å². The number of hydrogen-bond donors (Lipinski definition) is 1. The Bertz CT molecular complexity index is 435. The molecule has 1 aromatic rings. The molecule has 1 unspecified atom stereocenters. The maximum absolute atomic E-state index is 11.3. The van der Waals surface area contributed by atoms with E-state index in [9.17, 15) is 4.79 Å². The zero-order chi connectivity index (χ0) is 12.1. The van der Waals surface area contributed by atoms with E-state index in [4.69, 9.17) is 10.00 Å². The molecule has 0 aliphatic carbocycles. The molecule has 0 bridgehead atoms. The highest BCUT2D eigenvalue weighted by Crippen LogP contribution is 2.20. The average Bonchev–Trinajstić information content (AvgIpc) is 2.30. The van der Waals surface area contributed by atoms with Crippen molar-refractivity contribution < 1.29 is 9.53 Å². The van der Waals surface area contributed by atoms with Gasteiger partial charge in [-0.05, 0) is 31.5 Å².